The minimum atomic E-state index is -4.97. The van der Waals surface area contributed by atoms with E-state index >= 15 is 0 Å². The van der Waals surface area contributed by atoms with Gasteiger partial charge >= 0.3 is 39.5 Å². The van der Waals surface area contributed by atoms with Crippen molar-refractivity contribution in [2.75, 3.05) is 39.6 Å². The first-order chi connectivity index (χ1) is 51.5. The van der Waals surface area contributed by atoms with Crippen molar-refractivity contribution in [3.63, 3.8) is 0 Å². The zero-order valence-corrected chi connectivity index (χ0v) is 71.4. The molecule has 0 radical (unpaired) electrons. The molecular formula is C87H170O17P2. The van der Waals surface area contributed by atoms with E-state index in [-0.39, 0.29) is 25.7 Å². The van der Waals surface area contributed by atoms with Gasteiger partial charge in [0.2, 0.25) is 0 Å². The minimum Gasteiger partial charge on any atom is -0.462 e. The first-order valence-electron chi connectivity index (χ1n) is 45.1. The fourth-order valence-electron chi connectivity index (χ4n) is 13.6. The summed E-state index contributed by atoms with van der Waals surface area (Å²) >= 11 is 0. The Bertz CT molecular complexity index is 2010. The average Bonchev–Trinajstić information content (AvgIpc) is 0.904. The lowest BCUT2D eigenvalue weighted by atomic mass is 10.0. The standard InChI is InChI=1S/C87H170O17P2/c1-6-9-12-15-18-21-24-27-28-29-30-31-32-33-38-43-48-53-58-63-68-73-87(92)104-83(77-98-85(90)71-66-61-56-51-46-42-37-35-34-36-41-44-49-54-59-64-69-80(4)5)79-102-106(95,96)100-75-81(88)74-99-105(93,94)101-78-82(103-86(91)72-67-62-57-52-47-40-26-23-20-17-14-11-8-3)76-97-84(89)70-65-60-55-50-45-39-25-22-19-16-13-10-7-2/h80-83,88H,6-79H2,1-5H3,(H,93,94)(H,95,96)/t81-,82+,83+/m0/s1. The van der Waals surface area contributed by atoms with Gasteiger partial charge in [0.05, 0.1) is 26.4 Å². The molecule has 0 rings (SSSR count). The maximum atomic E-state index is 13.2. The molecule has 0 amide bonds. The van der Waals surface area contributed by atoms with Crippen molar-refractivity contribution in [3.8, 4) is 0 Å². The van der Waals surface area contributed by atoms with E-state index in [2.05, 4.69) is 34.6 Å². The normalized spacial score (nSPS) is 13.7. The van der Waals surface area contributed by atoms with Gasteiger partial charge in [-0.05, 0) is 31.6 Å². The summed E-state index contributed by atoms with van der Waals surface area (Å²) in [5.41, 5.74) is 0. The summed E-state index contributed by atoms with van der Waals surface area (Å²) in [6.45, 7) is 7.41. The van der Waals surface area contributed by atoms with Crippen LogP contribution >= 0.6 is 15.6 Å². The van der Waals surface area contributed by atoms with Gasteiger partial charge in [-0.1, -0.05) is 420 Å². The number of carbonyl (C=O) groups is 4. The number of aliphatic hydroxyl groups is 1. The Labute approximate surface area is 651 Å². The minimum absolute atomic E-state index is 0.109. The van der Waals surface area contributed by atoms with E-state index in [1.54, 1.807) is 0 Å². The summed E-state index contributed by atoms with van der Waals surface area (Å²) in [5.74, 6) is -1.28. The van der Waals surface area contributed by atoms with E-state index in [0.717, 1.165) is 95.8 Å². The van der Waals surface area contributed by atoms with Gasteiger partial charge in [-0.15, -0.1) is 0 Å². The number of hydrogen-bond acceptors (Lipinski definition) is 15. The van der Waals surface area contributed by atoms with Gasteiger partial charge < -0.3 is 33.8 Å². The fourth-order valence-corrected chi connectivity index (χ4v) is 15.2. The molecular weight excluding hydrogens is 1380 g/mol. The number of phosphoric acid groups is 2. The summed E-state index contributed by atoms with van der Waals surface area (Å²) in [7, 11) is -9.93. The van der Waals surface area contributed by atoms with Gasteiger partial charge in [-0.25, -0.2) is 9.13 Å². The van der Waals surface area contributed by atoms with Crippen LogP contribution in [0.3, 0.4) is 0 Å². The Morgan fingerprint density at radius 2 is 0.434 bits per heavy atom. The summed E-state index contributed by atoms with van der Waals surface area (Å²) < 4.78 is 68.9. The number of phosphoric ester groups is 2. The van der Waals surface area contributed by atoms with Gasteiger partial charge in [0.1, 0.15) is 19.3 Å². The number of rotatable bonds is 87. The Kier molecular flexibility index (Phi) is 78.2. The molecule has 0 aliphatic heterocycles. The van der Waals surface area contributed by atoms with Gasteiger partial charge in [0.25, 0.3) is 0 Å². The topological polar surface area (TPSA) is 237 Å². The third-order valence-electron chi connectivity index (χ3n) is 20.5. The van der Waals surface area contributed by atoms with Crippen molar-refractivity contribution in [2.45, 2.75) is 490 Å². The van der Waals surface area contributed by atoms with Gasteiger partial charge in [0.15, 0.2) is 12.2 Å². The third kappa shape index (κ3) is 80.1. The van der Waals surface area contributed by atoms with Crippen LogP contribution in [0.25, 0.3) is 0 Å². The number of ether oxygens (including phenoxy) is 4. The maximum absolute atomic E-state index is 13.2. The molecule has 2 unspecified atom stereocenters. The highest BCUT2D eigenvalue weighted by Crippen LogP contribution is 2.45. The fraction of sp³-hybridized carbons (Fsp3) is 0.954. The maximum Gasteiger partial charge on any atom is 0.472 e. The van der Waals surface area contributed by atoms with E-state index in [1.807, 2.05) is 0 Å². The molecule has 0 aromatic rings. The molecule has 17 nitrogen and oxygen atoms in total. The predicted octanol–water partition coefficient (Wildman–Crippen LogP) is 26.8. The SMILES string of the molecule is CCCCCCCCCCCCCCCCCCCCCCCC(=O)O[C@H](COC(=O)CCCCCCCCCCCCCCCCCCC(C)C)COP(=O)(O)OC[C@@H](O)COP(=O)(O)OC[C@@H](COC(=O)CCCCCCCCCCCCCCC)OC(=O)CCCCCCCCCCCCCCC. The molecule has 5 atom stereocenters. The second-order valence-corrected chi connectivity index (χ2v) is 34.7. The highest BCUT2D eigenvalue weighted by Gasteiger charge is 2.30. The van der Waals surface area contributed by atoms with Crippen molar-refractivity contribution < 1.29 is 80.2 Å². The van der Waals surface area contributed by atoms with Crippen LogP contribution in [0.2, 0.25) is 0 Å². The second kappa shape index (κ2) is 79.7. The van der Waals surface area contributed by atoms with Crippen LogP contribution in [0.1, 0.15) is 471 Å². The van der Waals surface area contributed by atoms with Crippen LogP contribution in [-0.4, -0.2) is 96.7 Å². The lowest BCUT2D eigenvalue weighted by Gasteiger charge is -2.21. The quantitative estimate of drug-likeness (QED) is 0.0222. The molecule has 0 spiro atoms. The predicted molar refractivity (Wildman–Crippen MR) is 437 cm³/mol. The van der Waals surface area contributed by atoms with Gasteiger partial charge in [-0.3, -0.25) is 37.3 Å². The summed E-state index contributed by atoms with van der Waals surface area (Å²) in [4.78, 5) is 73.3. The molecule has 630 valence electrons. The molecule has 3 N–H and O–H groups in total. The molecule has 0 aliphatic carbocycles. The Morgan fingerprint density at radius 1 is 0.255 bits per heavy atom. The van der Waals surface area contributed by atoms with Crippen molar-refractivity contribution >= 4 is 39.5 Å². The van der Waals surface area contributed by atoms with Crippen molar-refractivity contribution in [2.24, 2.45) is 5.92 Å². The van der Waals surface area contributed by atoms with E-state index in [4.69, 9.17) is 37.0 Å². The van der Waals surface area contributed by atoms with Crippen LogP contribution in [0.5, 0.6) is 0 Å². The Morgan fingerprint density at radius 3 is 0.642 bits per heavy atom. The largest absolute Gasteiger partial charge is 0.472 e. The van der Waals surface area contributed by atoms with Crippen LogP contribution < -0.4 is 0 Å². The number of carbonyl (C=O) groups excluding carboxylic acids is 4. The monoisotopic (exact) mass is 1550 g/mol. The van der Waals surface area contributed by atoms with Gasteiger partial charge in [-0.2, -0.15) is 0 Å². The summed E-state index contributed by atoms with van der Waals surface area (Å²) in [6.07, 6.45) is 73.5. The van der Waals surface area contributed by atoms with Crippen LogP contribution in [0, 0.1) is 5.92 Å². The summed E-state index contributed by atoms with van der Waals surface area (Å²) in [6, 6.07) is 0. The van der Waals surface area contributed by atoms with Crippen molar-refractivity contribution in [3.05, 3.63) is 0 Å². The molecule has 0 aromatic heterocycles. The van der Waals surface area contributed by atoms with E-state index < -0.39 is 97.5 Å². The lowest BCUT2D eigenvalue weighted by Crippen LogP contribution is -2.30. The number of hydrogen-bond donors (Lipinski definition) is 3. The van der Waals surface area contributed by atoms with Crippen molar-refractivity contribution in [1.82, 2.24) is 0 Å². The third-order valence-corrected chi connectivity index (χ3v) is 22.4. The number of esters is 4. The molecule has 0 saturated carbocycles. The molecule has 19 heteroatoms. The first-order valence-corrected chi connectivity index (χ1v) is 48.1. The van der Waals surface area contributed by atoms with E-state index in [9.17, 15) is 43.2 Å². The molecule has 0 fully saturated rings. The smallest absolute Gasteiger partial charge is 0.462 e. The highest BCUT2D eigenvalue weighted by atomic mass is 31.2. The van der Waals surface area contributed by atoms with Crippen LogP contribution in [0.15, 0.2) is 0 Å². The average molecular weight is 1550 g/mol. The van der Waals surface area contributed by atoms with Crippen molar-refractivity contribution in [1.29, 1.82) is 0 Å². The second-order valence-electron chi connectivity index (χ2n) is 31.8. The molecule has 0 aliphatic rings. The van der Waals surface area contributed by atoms with E-state index in [1.165, 1.54) is 295 Å². The number of unbranched alkanes of at least 4 members (excludes halogenated alkanes) is 59. The first kappa shape index (κ1) is 104. The van der Waals surface area contributed by atoms with E-state index in [0.29, 0.717) is 25.7 Å². The molecule has 0 bridgehead atoms. The van der Waals surface area contributed by atoms with Gasteiger partial charge in [0, 0.05) is 25.7 Å². The number of aliphatic hydroxyl groups excluding tert-OH is 1. The molecule has 0 heterocycles. The molecule has 0 saturated heterocycles. The Balaban J connectivity index is 5.24. The zero-order chi connectivity index (χ0) is 77.6. The van der Waals surface area contributed by atoms with Crippen LogP contribution in [-0.2, 0) is 65.4 Å². The zero-order valence-electron chi connectivity index (χ0n) is 69.6. The molecule has 106 heavy (non-hydrogen) atoms. The Hall–Kier alpha value is -1.94. The van der Waals surface area contributed by atoms with Crippen LogP contribution in [0.4, 0.5) is 0 Å². The lowest BCUT2D eigenvalue weighted by molar-refractivity contribution is -0.161. The summed E-state index contributed by atoms with van der Waals surface area (Å²) in [5, 5.41) is 10.7. The highest BCUT2D eigenvalue weighted by molar-refractivity contribution is 7.47. The molecule has 0 aromatic carbocycles.